The summed E-state index contributed by atoms with van der Waals surface area (Å²) in [4.78, 5) is 4.43. The fourth-order valence-corrected chi connectivity index (χ4v) is 4.01. The second-order valence-corrected chi connectivity index (χ2v) is 6.14. The number of fused-ring (bicyclic) bond motifs is 5. The SMILES string of the molecule is COc1ccc2c(c1)nc(Cl)c1sc3cc(F)ccc3c12. The smallest absolute Gasteiger partial charge is 0.147 e. The van der Waals surface area contributed by atoms with Gasteiger partial charge in [-0.1, -0.05) is 11.6 Å². The van der Waals surface area contributed by atoms with Crippen molar-refractivity contribution in [1.29, 1.82) is 0 Å². The van der Waals surface area contributed by atoms with E-state index >= 15 is 0 Å². The van der Waals surface area contributed by atoms with Gasteiger partial charge in [0.2, 0.25) is 0 Å². The molecule has 2 aromatic heterocycles. The molecular formula is C16H9ClFNOS. The average molecular weight is 318 g/mol. The first kappa shape index (κ1) is 12.8. The Morgan fingerprint density at radius 1 is 1.14 bits per heavy atom. The molecule has 0 unspecified atom stereocenters. The van der Waals surface area contributed by atoms with E-state index in [4.69, 9.17) is 16.3 Å². The number of pyridine rings is 1. The van der Waals surface area contributed by atoms with E-state index in [0.29, 0.717) is 5.15 Å². The van der Waals surface area contributed by atoms with Crippen LogP contribution in [-0.2, 0) is 0 Å². The quantitative estimate of drug-likeness (QED) is 0.438. The highest BCUT2D eigenvalue weighted by molar-refractivity contribution is 7.26. The predicted octanol–water partition coefficient (Wildman–Crippen LogP) is 5.40. The van der Waals surface area contributed by atoms with Gasteiger partial charge >= 0.3 is 0 Å². The number of hydrogen-bond donors (Lipinski definition) is 0. The number of halogens is 2. The molecule has 4 aromatic rings. The van der Waals surface area contributed by atoms with E-state index in [2.05, 4.69) is 4.98 Å². The van der Waals surface area contributed by atoms with Gasteiger partial charge in [0, 0.05) is 26.9 Å². The molecule has 2 heterocycles. The third-order valence-electron chi connectivity index (χ3n) is 3.53. The van der Waals surface area contributed by atoms with E-state index in [1.54, 1.807) is 13.2 Å². The molecule has 0 saturated carbocycles. The van der Waals surface area contributed by atoms with Crippen molar-refractivity contribution in [3.63, 3.8) is 0 Å². The molecule has 0 aliphatic rings. The van der Waals surface area contributed by atoms with Gasteiger partial charge in [-0.3, -0.25) is 0 Å². The minimum atomic E-state index is -0.246. The number of hydrogen-bond acceptors (Lipinski definition) is 3. The van der Waals surface area contributed by atoms with Crippen LogP contribution in [0, 0.1) is 5.82 Å². The molecule has 104 valence electrons. The third-order valence-corrected chi connectivity index (χ3v) is 5.08. The minimum Gasteiger partial charge on any atom is -0.497 e. The number of benzene rings is 2. The standard InChI is InChI=1S/C16H9ClFNOS/c1-20-9-3-5-10-12(7-9)19-16(17)15-14(10)11-4-2-8(18)6-13(11)21-15/h2-7H,1H3. The molecule has 0 aliphatic heterocycles. The molecule has 4 rings (SSSR count). The van der Waals surface area contributed by atoms with Crippen LogP contribution in [0.2, 0.25) is 5.15 Å². The van der Waals surface area contributed by atoms with E-state index in [1.807, 2.05) is 18.2 Å². The maximum atomic E-state index is 13.4. The molecule has 0 atom stereocenters. The maximum Gasteiger partial charge on any atom is 0.147 e. The summed E-state index contributed by atoms with van der Waals surface area (Å²) in [6.07, 6.45) is 0. The van der Waals surface area contributed by atoms with Gasteiger partial charge in [-0.05, 0) is 30.3 Å². The summed E-state index contributed by atoms with van der Waals surface area (Å²) in [6.45, 7) is 0. The minimum absolute atomic E-state index is 0.246. The number of rotatable bonds is 1. The summed E-state index contributed by atoms with van der Waals surface area (Å²) in [7, 11) is 1.62. The molecule has 0 spiro atoms. The Hall–Kier alpha value is -1.91. The fourth-order valence-electron chi connectivity index (χ4n) is 2.58. The van der Waals surface area contributed by atoms with Crippen LogP contribution in [0.4, 0.5) is 4.39 Å². The Balaban J connectivity index is 2.24. The normalized spacial score (nSPS) is 11.6. The van der Waals surface area contributed by atoms with Crippen molar-refractivity contribution >= 4 is 54.0 Å². The molecule has 0 aliphatic carbocycles. The second kappa shape index (κ2) is 4.55. The highest BCUT2D eigenvalue weighted by atomic mass is 35.5. The van der Waals surface area contributed by atoms with E-state index < -0.39 is 0 Å². The Labute approximate surface area is 128 Å². The first-order valence-corrected chi connectivity index (χ1v) is 7.52. The molecule has 2 aromatic carbocycles. The first-order chi connectivity index (χ1) is 10.2. The molecule has 0 fully saturated rings. The zero-order chi connectivity index (χ0) is 14.6. The summed E-state index contributed by atoms with van der Waals surface area (Å²) in [5.74, 6) is 0.486. The van der Waals surface area contributed by atoms with Crippen LogP contribution in [-0.4, -0.2) is 12.1 Å². The predicted molar refractivity (Wildman–Crippen MR) is 86.2 cm³/mol. The highest BCUT2D eigenvalue weighted by Gasteiger charge is 2.14. The van der Waals surface area contributed by atoms with Crippen molar-refractivity contribution in [2.45, 2.75) is 0 Å². The summed E-state index contributed by atoms with van der Waals surface area (Å²) < 4.78 is 20.4. The summed E-state index contributed by atoms with van der Waals surface area (Å²) in [6, 6.07) is 10.5. The fraction of sp³-hybridized carbons (Fsp3) is 0.0625. The lowest BCUT2D eigenvalue weighted by atomic mass is 10.1. The number of nitrogens with zero attached hydrogens (tertiary/aromatic N) is 1. The summed E-state index contributed by atoms with van der Waals surface area (Å²) in [5.41, 5.74) is 0.774. The van der Waals surface area contributed by atoms with E-state index in [-0.39, 0.29) is 5.82 Å². The van der Waals surface area contributed by atoms with Crippen LogP contribution in [0.3, 0.4) is 0 Å². The molecule has 0 bridgehead atoms. The van der Waals surface area contributed by atoms with Gasteiger partial charge in [-0.2, -0.15) is 0 Å². The van der Waals surface area contributed by atoms with Gasteiger partial charge in [0.15, 0.2) is 0 Å². The van der Waals surface area contributed by atoms with Crippen LogP contribution in [0.25, 0.3) is 31.1 Å². The van der Waals surface area contributed by atoms with Crippen molar-refractivity contribution in [3.8, 4) is 5.75 Å². The zero-order valence-corrected chi connectivity index (χ0v) is 12.6. The van der Waals surface area contributed by atoms with Crippen molar-refractivity contribution < 1.29 is 9.13 Å². The number of thiophene rings is 1. The number of aromatic nitrogens is 1. The monoisotopic (exact) mass is 317 g/mol. The Bertz CT molecular complexity index is 1010. The van der Waals surface area contributed by atoms with Gasteiger partial charge in [0.1, 0.15) is 16.7 Å². The van der Waals surface area contributed by atoms with Crippen molar-refractivity contribution in [2.75, 3.05) is 7.11 Å². The Kier molecular flexibility index (Phi) is 2.77. The van der Waals surface area contributed by atoms with Crippen LogP contribution in [0.5, 0.6) is 5.75 Å². The second-order valence-electron chi connectivity index (χ2n) is 4.73. The summed E-state index contributed by atoms with van der Waals surface area (Å²) in [5, 5.41) is 3.45. The third kappa shape index (κ3) is 1.87. The van der Waals surface area contributed by atoms with Crippen LogP contribution in [0.1, 0.15) is 0 Å². The molecule has 0 saturated heterocycles. The van der Waals surface area contributed by atoms with Gasteiger partial charge in [-0.25, -0.2) is 9.37 Å². The van der Waals surface area contributed by atoms with Gasteiger partial charge in [0.25, 0.3) is 0 Å². The molecule has 5 heteroatoms. The maximum absolute atomic E-state index is 13.4. The Morgan fingerprint density at radius 2 is 1.95 bits per heavy atom. The lowest BCUT2D eigenvalue weighted by Crippen LogP contribution is -1.86. The van der Waals surface area contributed by atoms with Gasteiger partial charge in [0.05, 0.1) is 17.3 Å². The van der Waals surface area contributed by atoms with E-state index in [9.17, 15) is 4.39 Å². The van der Waals surface area contributed by atoms with Crippen LogP contribution in [0.15, 0.2) is 36.4 Å². The van der Waals surface area contributed by atoms with Crippen LogP contribution < -0.4 is 4.74 Å². The Morgan fingerprint density at radius 3 is 2.76 bits per heavy atom. The topological polar surface area (TPSA) is 22.1 Å². The average Bonchev–Trinajstić information content (AvgIpc) is 2.86. The molecule has 2 nitrogen and oxygen atoms in total. The van der Waals surface area contributed by atoms with Crippen molar-refractivity contribution in [2.24, 2.45) is 0 Å². The highest BCUT2D eigenvalue weighted by Crippen LogP contribution is 2.41. The molecule has 0 radical (unpaired) electrons. The zero-order valence-electron chi connectivity index (χ0n) is 11.0. The van der Waals surface area contributed by atoms with E-state index in [1.165, 1.54) is 23.5 Å². The first-order valence-electron chi connectivity index (χ1n) is 6.32. The van der Waals surface area contributed by atoms with Crippen molar-refractivity contribution in [3.05, 3.63) is 47.4 Å². The summed E-state index contributed by atoms with van der Waals surface area (Å²) >= 11 is 7.77. The van der Waals surface area contributed by atoms with Gasteiger partial charge in [-0.15, -0.1) is 11.3 Å². The van der Waals surface area contributed by atoms with E-state index in [0.717, 1.165) is 36.8 Å². The largest absolute Gasteiger partial charge is 0.497 e. The lowest BCUT2D eigenvalue weighted by molar-refractivity contribution is 0.415. The molecule has 21 heavy (non-hydrogen) atoms. The van der Waals surface area contributed by atoms with Crippen molar-refractivity contribution in [1.82, 2.24) is 4.98 Å². The number of methoxy groups -OCH3 is 1. The molecular weight excluding hydrogens is 309 g/mol. The molecule has 0 N–H and O–H groups in total. The van der Waals surface area contributed by atoms with Crippen LogP contribution >= 0.6 is 22.9 Å². The van der Waals surface area contributed by atoms with Gasteiger partial charge < -0.3 is 4.74 Å². The number of ether oxygens (including phenoxy) is 1. The lowest BCUT2D eigenvalue weighted by Gasteiger charge is -2.04. The molecule has 0 amide bonds.